The molecule has 0 saturated carbocycles. The fourth-order valence-corrected chi connectivity index (χ4v) is 1.40. The second-order valence-corrected chi connectivity index (χ2v) is 3.08. The number of piperidine rings is 1. The molecule has 0 bridgehead atoms. The SMILES string of the molecule is CC1CC(=O)NCC1N(C)F. The van der Waals surface area contributed by atoms with Crippen LogP contribution in [0.3, 0.4) is 0 Å². The number of halogens is 1. The smallest absolute Gasteiger partial charge is 0.220 e. The van der Waals surface area contributed by atoms with Crippen LogP contribution in [0, 0.1) is 5.92 Å². The summed E-state index contributed by atoms with van der Waals surface area (Å²) in [5.74, 6) is 0.134. The molecule has 1 fully saturated rings. The van der Waals surface area contributed by atoms with Crippen LogP contribution in [-0.4, -0.2) is 30.7 Å². The van der Waals surface area contributed by atoms with Crippen LogP contribution < -0.4 is 5.32 Å². The Kier molecular flexibility index (Phi) is 2.44. The predicted molar refractivity (Wildman–Crippen MR) is 39.4 cm³/mol. The zero-order chi connectivity index (χ0) is 8.43. The minimum absolute atomic E-state index is 0.0237. The van der Waals surface area contributed by atoms with E-state index in [1.165, 1.54) is 7.05 Å². The summed E-state index contributed by atoms with van der Waals surface area (Å²) in [6, 6.07) is -0.160. The highest BCUT2D eigenvalue weighted by molar-refractivity contribution is 5.77. The standard InChI is InChI=1S/C7H13FN2O/c1-5-3-7(11)9-4-6(5)10(2)8/h5-6H,3-4H2,1-2H3,(H,9,11). The summed E-state index contributed by atoms with van der Waals surface area (Å²) < 4.78 is 12.6. The van der Waals surface area contributed by atoms with Crippen molar-refractivity contribution in [3.05, 3.63) is 0 Å². The van der Waals surface area contributed by atoms with Crippen LogP contribution in [0.1, 0.15) is 13.3 Å². The van der Waals surface area contributed by atoms with E-state index in [2.05, 4.69) is 5.32 Å². The molecule has 64 valence electrons. The van der Waals surface area contributed by atoms with Crippen LogP contribution >= 0.6 is 0 Å². The van der Waals surface area contributed by atoms with E-state index in [0.29, 0.717) is 18.1 Å². The van der Waals surface area contributed by atoms with Gasteiger partial charge in [0, 0.05) is 20.0 Å². The molecule has 1 amide bonds. The lowest BCUT2D eigenvalue weighted by Crippen LogP contribution is -2.48. The third-order valence-corrected chi connectivity index (χ3v) is 2.13. The van der Waals surface area contributed by atoms with Crippen molar-refractivity contribution in [3.63, 3.8) is 0 Å². The van der Waals surface area contributed by atoms with Gasteiger partial charge in [-0.2, -0.15) is 0 Å². The van der Waals surface area contributed by atoms with E-state index in [1.807, 2.05) is 6.92 Å². The van der Waals surface area contributed by atoms with E-state index < -0.39 is 0 Å². The molecule has 0 aromatic heterocycles. The Morgan fingerprint density at radius 1 is 1.73 bits per heavy atom. The first-order chi connectivity index (χ1) is 5.11. The summed E-state index contributed by atoms with van der Waals surface area (Å²) in [5, 5.41) is 3.29. The van der Waals surface area contributed by atoms with Crippen LogP contribution in [0.2, 0.25) is 0 Å². The van der Waals surface area contributed by atoms with Crippen molar-refractivity contribution in [3.8, 4) is 0 Å². The van der Waals surface area contributed by atoms with Crippen LogP contribution in [0.5, 0.6) is 0 Å². The van der Waals surface area contributed by atoms with Crippen molar-refractivity contribution in [2.24, 2.45) is 5.92 Å². The molecule has 1 N–H and O–H groups in total. The maximum absolute atomic E-state index is 12.6. The van der Waals surface area contributed by atoms with Crippen molar-refractivity contribution < 1.29 is 9.28 Å². The van der Waals surface area contributed by atoms with Gasteiger partial charge in [-0.3, -0.25) is 4.79 Å². The maximum Gasteiger partial charge on any atom is 0.220 e. The largest absolute Gasteiger partial charge is 0.354 e. The van der Waals surface area contributed by atoms with Crippen molar-refractivity contribution in [2.75, 3.05) is 13.6 Å². The van der Waals surface area contributed by atoms with Crippen molar-refractivity contribution in [1.82, 2.24) is 10.4 Å². The number of likely N-dealkylation sites (N-methyl/N-ethyl adjacent to an activating group) is 1. The Labute approximate surface area is 65.5 Å². The Balaban J connectivity index is 2.50. The summed E-state index contributed by atoms with van der Waals surface area (Å²) in [6.07, 6.45) is 0.429. The average Bonchev–Trinajstić information content (AvgIpc) is 1.85. The third-order valence-electron chi connectivity index (χ3n) is 2.13. The van der Waals surface area contributed by atoms with Crippen LogP contribution in [0.4, 0.5) is 4.48 Å². The second-order valence-electron chi connectivity index (χ2n) is 3.08. The van der Waals surface area contributed by atoms with E-state index in [1.54, 1.807) is 0 Å². The number of nitrogens with one attached hydrogen (secondary N) is 1. The summed E-state index contributed by atoms with van der Waals surface area (Å²) in [5.41, 5.74) is 0. The minimum atomic E-state index is -0.160. The van der Waals surface area contributed by atoms with Gasteiger partial charge in [0.1, 0.15) is 0 Å². The zero-order valence-electron chi connectivity index (χ0n) is 6.80. The lowest BCUT2D eigenvalue weighted by molar-refractivity contribution is -0.127. The molecular formula is C7H13FN2O. The van der Waals surface area contributed by atoms with Gasteiger partial charge in [-0.05, 0) is 5.92 Å². The molecule has 0 aromatic carbocycles. The van der Waals surface area contributed by atoms with Gasteiger partial charge in [0.2, 0.25) is 5.91 Å². The molecule has 1 heterocycles. The van der Waals surface area contributed by atoms with E-state index in [9.17, 15) is 9.28 Å². The monoisotopic (exact) mass is 160 g/mol. The first-order valence-electron chi connectivity index (χ1n) is 3.76. The van der Waals surface area contributed by atoms with Gasteiger partial charge in [-0.15, -0.1) is 9.60 Å². The third kappa shape index (κ3) is 1.89. The van der Waals surface area contributed by atoms with Crippen LogP contribution in [0.25, 0.3) is 0 Å². The molecule has 2 atom stereocenters. The van der Waals surface area contributed by atoms with E-state index in [0.717, 1.165) is 0 Å². The van der Waals surface area contributed by atoms with Crippen molar-refractivity contribution in [2.45, 2.75) is 19.4 Å². The minimum Gasteiger partial charge on any atom is -0.354 e. The summed E-state index contributed by atoms with van der Waals surface area (Å²) in [4.78, 5) is 10.8. The van der Waals surface area contributed by atoms with E-state index in [-0.39, 0.29) is 17.9 Å². The molecule has 1 saturated heterocycles. The fourth-order valence-electron chi connectivity index (χ4n) is 1.40. The Bertz CT molecular complexity index is 161. The van der Waals surface area contributed by atoms with E-state index >= 15 is 0 Å². The highest BCUT2D eigenvalue weighted by Gasteiger charge is 2.28. The highest BCUT2D eigenvalue weighted by atomic mass is 19.2. The second kappa shape index (κ2) is 3.17. The molecule has 3 nitrogen and oxygen atoms in total. The molecule has 4 heteroatoms. The molecule has 0 aliphatic carbocycles. The fraction of sp³-hybridized carbons (Fsp3) is 0.857. The first-order valence-corrected chi connectivity index (χ1v) is 3.76. The molecule has 1 aliphatic heterocycles. The van der Waals surface area contributed by atoms with Gasteiger partial charge in [0.25, 0.3) is 0 Å². The number of nitrogens with zero attached hydrogens (tertiary/aromatic N) is 1. The quantitative estimate of drug-likeness (QED) is 0.560. The number of hydrogen-bond acceptors (Lipinski definition) is 2. The number of carbonyl (C=O) groups excluding carboxylic acids is 1. The highest BCUT2D eigenvalue weighted by Crippen LogP contribution is 2.16. The maximum atomic E-state index is 12.6. The summed E-state index contributed by atoms with van der Waals surface area (Å²) in [6.45, 7) is 2.31. The van der Waals surface area contributed by atoms with Gasteiger partial charge in [-0.25, -0.2) is 0 Å². The molecule has 1 aliphatic rings. The molecule has 0 radical (unpaired) electrons. The number of rotatable bonds is 1. The van der Waals surface area contributed by atoms with Crippen molar-refractivity contribution in [1.29, 1.82) is 0 Å². The summed E-state index contributed by atoms with van der Waals surface area (Å²) >= 11 is 0. The van der Waals surface area contributed by atoms with Gasteiger partial charge in [0.15, 0.2) is 0 Å². The van der Waals surface area contributed by atoms with Gasteiger partial charge < -0.3 is 5.32 Å². The van der Waals surface area contributed by atoms with Crippen LogP contribution in [-0.2, 0) is 4.79 Å². The zero-order valence-corrected chi connectivity index (χ0v) is 6.80. The lowest BCUT2D eigenvalue weighted by Gasteiger charge is -2.30. The number of hydrogen-bond donors (Lipinski definition) is 1. The van der Waals surface area contributed by atoms with Crippen molar-refractivity contribution >= 4 is 5.91 Å². The first kappa shape index (κ1) is 8.46. The normalized spacial score (nSPS) is 32.2. The molecule has 1 rings (SSSR count). The Morgan fingerprint density at radius 3 is 2.82 bits per heavy atom. The molecule has 0 aromatic rings. The van der Waals surface area contributed by atoms with Gasteiger partial charge >= 0.3 is 0 Å². The van der Waals surface area contributed by atoms with Gasteiger partial charge in [0.05, 0.1) is 6.04 Å². The lowest BCUT2D eigenvalue weighted by atomic mass is 9.94. The summed E-state index contributed by atoms with van der Waals surface area (Å²) in [7, 11) is 1.39. The number of carbonyl (C=O) groups is 1. The molecule has 11 heavy (non-hydrogen) atoms. The Morgan fingerprint density at radius 2 is 2.36 bits per heavy atom. The average molecular weight is 160 g/mol. The van der Waals surface area contributed by atoms with E-state index in [4.69, 9.17) is 0 Å². The topological polar surface area (TPSA) is 32.3 Å². The molecule has 2 unspecified atom stereocenters. The molecule has 0 spiro atoms. The predicted octanol–water partition coefficient (Wildman–Crippen LogP) is 0.327. The molecular weight excluding hydrogens is 147 g/mol. The number of amides is 1. The Hall–Kier alpha value is -0.640. The van der Waals surface area contributed by atoms with Crippen LogP contribution in [0.15, 0.2) is 0 Å². The van der Waals surface area contributed by atoms with Gasteiger partial charge in [-0.1, -0.05) is 6.92 Å².